The van der Waals surface area contributed by atoms with Gasteiger partial charge in [-0.15, -0.1) is 0 Å². The predicted octanol–water partition coefficient (Wildman–Crippen LogP) is 2.71. The number of amides is 1. The van der Waals surface area contributed by atoms with Crippen molar-refractivity contribution in [1.82, 2.24) is 20.0 Å². The smallest absolute Gasteiger partial charge is 0.292 e. The van der Waals surface area contributed by atoms with Gasteiger partial charge in [0.05, 0.1) is 23.6 Å². The summed E-state index contributed by atoms with van der Waals surface area (Å²) in [6.07, 6.45) is 1.64. The molecule has 1 N–H and O–H groups in total. The van der Waals surface area contributed by atoms with Gasteiger partial charge in [-0.3, -0.25) is 14.5 Å². The van der Waals surface area contributed by atoms with Crippen molar-refractivity contribution in [2.75, 3.05) is 31.1 Å². The molecule has 2 aromatic carbocycles. The zero-order valence-corrected chi connectivity index (χ0v) is 18.7. The zero-order chi connectivity index (χ0) is 22.5. The number of carbonyl (C=O) groups is 1. The monoisotopic (exact) mass is 451 g/mol. The van der Waals surface area contributed by atoms with Gasteiger partial charge in [0.25, 0.3) is 5.56 Å². The second-order valence-corrected chi connectivity index (χ2v) is 8.18. The van der Waals surface area contributed by atoms with Crippen molar-refractivity contribution in [3.63, 3.8) is 0 Å². The van der Waals surface area contributed by atoms with Crippen LogP contribution < -0.4 is 15.8 Å². The van der Waals surface area contributed by atoms with Crippen LogP contribution in [0.5, 0.6) is 0 Å². The highest BCUT2D eigenvalue weighted by Gasteiger charge is 2.27. The van der Waals surface area contributed by atoms with Crippen LogP contribution in [0.15, 0.2) is 71.7 Å². The summed E-state index contributed by atoms with van der Waals surface area (Å²) < 4.78 is 1.31. The Hall–Kier alpha value is -3.16. The fraction of sp³-hybridized carbons (Fsp3) is 0.292. The quantitative estimate of drug-likeness (QED) is 0.624. The second-order valence-electron chi connectivity index (χ2n) is 7.80. The van der Waals surface area contributed by atoms with Crippen molar-refractivity contribution in [2.45, 2.75) is 19.5 Å². The Morgan fingerprint density at radius 3 is 2.31 bits per heavy atom. The van der Waals surface area contributed by atoms with Crippen molar-refractivity contribution >= 4 is 23.2 Å². The lowest BCUT2D eigenvalue weighted by atomic mass is 10.2. The van der Waals surface area contributed by atoms with Crippen molar-refractivity contribution in [2.24, 2.45) is 0 Å². The van der Waals surface area contributed by atoms with E-state index in [9.17, 15) is 9.59 Å². The van der Waals surface area contributed by atoms with Gasteiger partial charge >= 0.3 is 0 Å². The van der Waals surface area contributed by atoms with Crippen LogP contribution in [0.25, 0.3) is 5.69 Å². The fourth-order valence-electron chi connectivity index (χ4n) is 3.85. The van der Waals surface area contributed by atoms with Crippen LogP contribution in [0.1, 0.15) is 12.5 Å². The van der Waals surface area contributed by atoms with Crippen LogP contribution in [0, 0.1) is 0 Å². The average Bonchev–Trinajstić information content (AvgIpc) is 2.85. The molecule has 1 aromatic heterocycles. The molecule has 7 nitrogen and oxygen atoms in total. The maximum absolute atomic E-state index is 12.8. The number of hydrogen-bond acceptors (Lipinski definition) is 5. The maximum Gasteiger partial charge on any atom is 0.292 e. The van der Waals surface area contributed by atoms with E-state index < -0.39 is 0 Å². The summed E-state index contributed by atoms with van der Waals surface area (Å²) in [4.78, 5) is 29.6. The van der Waals surface area contributed by atoms with Gasteiger partial charge in [0.2, 0.25) is 5.91 Å². The van der Waals surface area contributed by atoms with Crippen LogP contribution in [0.3, 0.4) is 0 Å². The number of anilines is 1. The van der Waals surface area contributed by atoms with Gasteiger partial charge < -0.3 is 10.2 Å². The minimum absolute atomic E-state index is 0.00691. The number of piperazine rings is 1. The van der Waals surface area contributed by atoms with Gasteiger partial charge in [0, 0.05) is 32.7 Å². The molecule has 0 saturated carbocycles. The first-order valence-electron chi connectivity index (χ1n) is 10.7. The highest BCUT2D eigenvalue weighted by atomic mass is 35.5. The van der Waals surface area contributed by atoms with Crippen molar-refractivity contribution in [3.05, 3.63) is 87.8 Å². The molecule has 1 saturated heterocycles. The summed E-state index contributed by atoms with van der Waals surface area (Å²) in [6, 6.07) is 18.8. The molecule has 0 aliphatic carbocycles. The number of aromatic nitrogens is 2. The maximum atomic E-state index is 12.8. The largest absolute Gasteiger partial charge is 0.366 e. The number of carbonyl (C=O) groups excluding carboxylic acids is 1. The number of rotatable bonds is 6. The highest BCUT2D eigenvalue weighted by molar-refractivity contribution is 6.33. The summed E-state index contributed by atoms with van der Waals surface area (Å²) in [6.45, 7) is 5.14. The Kier molecular flexibility index (Phi) is 6.87. The van der Waals surface area contributed by atoms with Crippen LogP contribution in [-0.4, -0.2) is 52.8 Å². The normalized spacial score (nSPS) is 15.4. The van der Waals surface area contributed by atoms with E-state index in [4.69, 9.17) is 11.6 Å². The number of nitrogens with one attached hydrogen (secondary N) is 1. The minimum Gasteiger partial charge on any atom is -0.366 e. The van der Waals surface area contributed by atoms with E-state index in [0.717, 1.165) is 5.56 Å². The molecule has 1 fully saturated rings. The molecular weight excluding hydrogens is 426 g/mol. The molecule has 1 aliphatic heterocycles. The summed E-state index contributed by atoms with van der Waals surface area (Å²) in [5.74, 6) is 0.00691. The van der Waals surface area contributed by atoms with Crippen LogP contribution in [0.4, 0.5) is 5.69 Å². The highest BCUT2D eigenvalue weighted by Crippen LogP contribution is 2.23. The van der Waals surface area contributed by atoms with E-state index in [2.05, 4.69) is 20.2 Å². The van der Waals surface area contributed by atoms with Crippen LogP contribution in [-0.2, 0) is 11.3 Å². The molecule has 1 unspecified atom stereocenters. The summed E-state index contributed by atoms with van der Waals surface area (Å²) in [7, 11) is 0. The first kappa shape index (κ1) is 22.0. The standard InChI is InChI=1S/C24H26ClN5O2/c1-18(23(31)26-16-19-8-4-2-5-9-19)28-12-14-29(15-13-28)21-17-27-30(24(32)22(21)25)20-10-6-3-7-11-20/h2-11,17-18H,12-16H2,1H3,(H,26,31). The van der Waals surface area contributed by atoms with Crippen molar-refractivity contribution < 1.29 is 4.79 Å². The lowest BCUT2D eigenvalue weighted by molar-refractivity contribution is -0.126. The van der Waals surface area contributed by atoms with Gasteiger partial charge in [-0.25, -0.2) is 0 Å². The van der Waals surface area contributed by atoms with E-state index in [1.54, 1.807) is 6.20 Å². The number of benzene rings is 2. The molecule has 1 amide bonds. The SMILES string of the molecule is CC(C(=O)NCc1ccccc1)N1CCN(c2cnn(-c3ccccc3)c(=O)c2Cl)CC1. The van der Waals surface area contributed by atoms with E-state index in [-0.39, 0.29) is 22.5 Å². The van der Waals surface area contributed by atoms with Crippen molar-refractivity contribution in [3.8, 4) is 5.69 Å². The minimum atomic E-state index is -0.341. The average molecular weight is 452 g/mol. The van der Waals surface area contributed by atoms with Crippen molar-refractivity contribution in [1.29, 1.82) is 0 Å². The molecule has 166 valence electrons. The molecule has 1 atom stereocenters. The van der Waals surface area contributed by atoms with E-state index in [0.29, 0.717) is 44.1 Å². The first-order chi connectivity index (χ1) is 15.5. The number of nitrogens with zero attached hydrogens (tertiary/aromatic N) is 4. The Balaban J connectivity index is 1.36. The number of halogens is 1. The Morgan fingerprint density at radius 2 is 1.66 bits per heavy atom. The Morgan fingerprint density at radius 1 is 1.03 bits per heavy atom. The number of para-hydroxylation sites is 1. The summed E-state index contributed by atoms with van der Waals surface area (Å²) in [5.41, 5.74) is 2.03. The second kappa shape index (κ2) is 9.97. The summed E-state index contributed by atoms with van der Waals surface area (Å²) >= 11 is 6.44. The molecule has 3 aromatic rings. The lowest BCUT2D eigenvalue weighted by Gasteiger charge is -2.38. The molecule has 4 rings (SSSR count). The number of hydrogen-bond donors (Lipinski definition) is 1. The Bertz CT molecular complexity index is 1110. The topological polar surface area (TPSA) is 70.5 Å². The van der Waals surface area contributed by atoms with Gasteiger partial charge in [-0.1, -0.05) is 60.1 Å². The third-order valence-corrected chi connectivity index (χ3v) is 6.15. The third-order valence-electron chi connectivity index (χ3n) is 5.79. The molecule has 8 heteroatoms. The summed E-state index contributed by atoms with van der Waals surface area (Å²) in [5, 5.41) is 7.49. The molecule has 2 heterocycles. The molecular formula is C24H26ClN5O2. The van der Waals surface area contributed by atoms with E-state index in [1.165, 1.54) is 4.68 Å². The molecule has 32 heavy (non-hydrogen) atoms. The Labute approximate surface area is 192 Å². The van der Waals surface area contributed by atoms with Gasteiger partial charge in [0.1, 0.15) is 5.02 Å². The third kappa shape index (κ3) is 4.84. The first-order valence-corrected chi connectivity index (χ1v) is 11.1. The van der Waals surface area contributed by atoms with Gasteiger partial charge in [-0.2, -0.15) is 9.78 Å². The van der Waals surface area contributed by atoms with Crippen LogP contribution in [0.2, 0.25) is 5.02 Å². The zero-order valence-electron chi connectivity index (χ0n) is 17.9. The lowest BCUT2D eigenvalue weighted by Crippen LogP contribution is -2.54. The molecule has 0 radical (unpaired) electrons. The van der Waals surface area contributed by atoms with Crippen LogP contribution >= 0.6 is 11.6 Å². The van der Waals surface area contributed by atoms with E-state index in [1.807, 2.05) is 67.6 Å². The predicted molar refractivity (Wildman–Crippen MR) is 126 cm³/mol. The van der Waals surface area contributed by atoms with E-state index >= 15 is 0 Å². The molecule has 1 aliphatic rings. The van der Waals surface area contributed by atoms with Gasteiger partial charge in [-0.05, 0) is 24.6 Å². The molecule has 0 bridgehead atoms. The van der Waals surface area contributed by atoms with Gasteiger partial charge in [0.15, 0.2) is 0 Å². The fourth-order valence-corrected chi connectivity index (χ4v) is 4.09. The molecule has 0 spiro atoms.